The van der Waals surface area contributed by atoms with Gasteiger partial charge in [0.2, 0.25) is 0 Å². The Bertz CT molecular complexity index is 1100. The van der Waals surface area contributed by atoms with Gasteiger partial charge >= 0.3 is 0 Å². The highest BCUT2D eigenvalue weighted by molar-refractivity contribution is 6.13. The zero-order valence-electron chi connectivity index (χ0n) is 17.4. The molecule has 0 saturated heterocycles. The van der Waals surface area contributed by atoms with Crippen LogP contribution in [0.1, 0.15) is 27.0 Å². The maximum atomic E-state index is 13.3. The second-order valence-electron chi connectivity index (χ2n) is 7.34. The normalized spacial score (nSPS) is 11.8. The monoisotopic (exact) mass is 424 g/mol. The van der Waals surface area contributed by atoms with Crippen LogP contribution in [-0.2, 0) is 0 Å². The van der Waals surface area contributed by atoms with E-state index in [1.165, 1.54) is 12.1 Å². The fraction of sp³-hybridized carbons (Fsp3) is 0.208. The van der Waals surface area contributed by atoms with Crippen LogP contribution in [0.4, 0.5) is 21.5 Å². The number of nitrogens with two attached hydrogens (primary N) is 1. The van der Waals surface area contributed by atoms with Gasteiger partial charge in [-0.15, -0.1) is 0 Å². The molecule has 0 radical (unpaired) electrons. The Labute approximate surface area is 180 Å². The minimum absolute atomic E-state index is 0.0848. The highest BCUT2D eigenvalue weighted by Crippen LogP contribution is 2.27. The van der Waals surface area contributed by atoms with Crippen molar-refractivity contribution in [1.29, 1.82) is 0 Å². The fourth-order valence-corrected chi connectivity index (χ4v) is 3.10. The maximum Gasteiger partial charge on any atom is 0.195 e. The average Bonchev–Trinajstić information content (AvgIpc) is 2.74. The molecule has 3 rings (SSSR count). The van der Waals surface area contributed by atoms with Gasteiger partial charge in [0.1, 0.15) is 24.3 Å². The molecule has 3 aromatic rings. The number of nitrogen functional groups attached to an aromatic ring is 1. The van der Waals surface area contributed by atoms with Crippen LogP contribution in [0.15, 0.2) is 54.6 Å². The number of aryl methyl sites for hydroxylation is 2. The Morgan fingerprint density at radius 3 is 2.52 bits per heavy atom. The van der Waals surface area contributed by atoms with Gasteiger partial charge in [-0.3, -0.25) is 4.79 Å². The van der Waals surface area contributed by atoms with Crippen molar-refractivity contribution in [1.82, 2.24) is 0 Å². The van der Waals surface area contributed by atoms with Gasteiger partial charge in [0, 0.05) is 28.2 Å². The predicted octanol–water partition coefficient (Wildman–Crippen LogP) is 3.73. The van der Waals surface area contributed by atoms with E-state index in [9.17, 15) is 14.3 Å². The zero-order chi connectivity index (χ0) is 22.5. The number of carbonyl (C=O) groups excluding carboxylic acids is 1. The lowest BCUT2D eigenvalue weighted by atomic mass is 9.97. The van der Waals surface area contributed by atoms with E-state index in [1.54, 1.807) is 49.4 Å². The van der Waals surface area contributed by atoms with Crippen LogP contribution < -0.4 is 15.8 Å². The number of aliphatic hydroxyl groups excluding tert-OH is 2. The molecule has 0 aliphatic rings. The molecule has 1 atom stereocenters. The second kappa shape index (κ2) is 9.59. The highest BCUT2D eigenvalue weighted by Gasteiger charge is 2.17. The predicted molar refractivity (Wildman–Crippen MR) is 118 cm³/mol. The van der Waals surface area contributed by atoms with Crippen LogP contribution in [0, 0.1) is 19.7 Å². The van der Waals surface area contributed by atoms with Gasteiger partial charge in [-0.25, -0.2) is 4.39 Å². The Kier molecular flexibility index (Phi) is 6.89. The van der Waals surface area contributed by atoms with Gasteiger partial charge in [-0.1, -0.05) is 6.07 Å². The third-order valence-corrected chi connectivity index (χ3v) is 4.87. The Morgan fingerprint density at radius 2 is 1.84 bits per heavy atom. The molecular weight excluding hydrogens is 399 g/mol. The van der Waals surface area contributed by atoms with Crippen LogP contribution in [0.25, 0.3) is 0 Å². The van der Waals surface area contributed by atoms with Crippen molar-refractivity contribution in [3.8, 4) is 5.75 Å². The van der Waals surface area contributed by atoms with Crippen LogP contribution in [0.2, 0.25) is 0 Å². The van der Waals surface area contributed by atoms with Gasteiger partial charge < -0.3 is 26.0 Å². The number of rotatable bonds is 8. The minimum atomic E-state index is -0.999. The summed E-state index contributed by atoms with van der Waals surface area (Å²) in [7, 11) is 0. The second-order valence-corrected chi connectivity index (χ2v) is 7.34. The van der Waals surface area contributed by atoms with Crippen molar-refractivity contribution >= 4 is 22.8 Å². The molecule has 0 aromatic heterocycles. The van der Waals surface area contributed by atoms with Crippen molar-refractivity contribution < 1.29 is 24.1 Å². The van der Waals surface area contributed by atoms with Crippen LogP contribution in [0.3, 0.4) is 0 Å². The van der Waals surface area contributed by atoms with Crippen molar-refractivity contribution in [3.05, 3.63) is 82.7 Å². The highest BCUT2D eigenvalue weighted by atomic mass is 19.1. The molecule has 6 nitrogen and oxygen atoms in total. The number of nitrogens with one attached hydrogen (secondary N) is 1. The summed E-state index contributed by atoms with van der Waals surface area (Å²) in [5, 5.41) is 21.5. The topological polar surface area (TPSA) is 105 Å². The number of aliphatic hydroxyl groups is 2. The number of benzene rings is 3. The summed E-state index contributed by atoms with van der Waals surface area (Å²) in [6.45, 7) is 3.11. The largest absolute Gasteiger partial charge is 0.491 e. The lowest BCUT2D eigenvalue weighted by Crippen LogP contribution is -2.21. The van der Waals surface area contributed by atoms with Gasteiger partial charge in [0.05, 0.1) is 6.61 Å². The molecule has 3 aromatic carbocycles. The molecule has 5 N–H and O–H groups in total. The summed E-state index contributed by atoms with van der Waals surface area (Å²) in [4.78, 5) is 13.1. The van der Waals surface area contributed by atoms with Crippen LogP contribution >= 0.6 is 0 Å². The first-order valence-electron chi connectivity index (χ1n) is 9.78. The number of hydrogen-bond acceptors (Lipinski definition) is 6. The van der Waals surface area contributed by atoms with Crippen LogP contribution in [0.5, 0.6) is 5.75 Å². The van der Waals surface area contributed by atoms with E-state index < -0.39 is 12.7 Å². The molecule has 31 heavy (non-hydrogen) atoms. The number of anilines is 3. The van der Waals surface area contributed by atoms with Crippen molar-refractivity contribution in [2.24, 2.45) is 0 Å². The summed E-state index contributed by atoms with van der Waals surface area (Å²) < 4.78 is 18.7. The van der Waals surface area contributed by atoms with Crippen LogP contribution in [-0.4, -0.2) is 35.3 Å². The molecule has 0 aliphatic carbocycles. The minimum Gasteiger partial charge on any atom is -0.491 e. The molecular formula is C24H25FN2O4. The SMILES string of the molecule is Cc1cc(F)ccc1Nc1ccc(C(=O)c2cc(OCC(O)CO)ccc2C)c(N)c1. The summed E-state index contributed by atoms with van der Waals surface area (Å²) in [6.07, 6.45) is -0.999. The van der Waals surface area contributed by atoms with E-state index in [-0.39, 0.29) is 18.2 Å². The number of carbonyl (C=O) groups is 1. The van der Waals surface area contributed by atoms with E-state index in [0.29, 0.717) is 28.3 Å². The first kappa shape index (κ1) is 22.3. The molecule has 1 unspecified atom stereocenters. The first-order chi connectivity index (χ1) is 14.8. The molecule has 0 aliphatic heterocycles. The number of hydrogen-bond donors (Lipinski definition) is 4. The van der Waals surface area contributed by atoms with E-state index in [0.717, 1.165) is 16.8 Å². The molecule has 0 bridgehead atoms. The summed E-state index contributed by atoms with van der Waals surface area (Å²) >= 11 is 0. The lowest BCUT2D eigenvalue weighted by molar-refractivity contribution is 0.0536. The van der Waals surface area contributed by atoms with E-state index in [1.807, 2.05) is 6.92 Å². The molecule has 0 spiro atoms. The van der Waals surface area contributed by atoms with E-state index in [4.69, 9.17) is 15.6 Å². The third kappa shape index (κ3) is 5.39. The van der Waals surface area contributed by atoms with E-state index in [2.05, 4.69) is 5.32 Å². The quantitative estimate of drug-likeness (QED) is 0.324. The molecule has 0 heterocycles. The summed E-state index contributed by atoms with van der Waals surface area (Å²) in [6, 6.07) is 14.5. The third-order valence-electron chi connectivity index (χ3n) is 4.87. The van der Waals surface area contributed by atoms with Crippen molar-refractivity contribution in [2.75, 3.05) is 24.3 Å². The smallest absolute Gasteiger partial charge is 0.195 e. The molecule has 0 saturated carbocycles. The van der Waals surface area contributed by atoms with E-state index >= 15 is 0 Å². The lowest BCUT2D eigenvalue weighted by Gasteiger charge is -2.14. The average molecular weight is 424 g/mol. The van der Waals surface area contributed by atoms with Crippen molar-refractivity contribution in [2.45, 2.75) is 20.0 Å². The summed E-state index contributed by atoms with van der Waals surface area (Å²) in [5.41, 5.74) is 10.2. The number of ketones is 1. The number of halogens is 1. The standard InChI is InChI=1S/C24H25FN2O4/c1-14-3-6-19(31-13-18(29)12-28)11-21(14)24(30)20-7-5-17(10-22(20)26)27-23-8-4-16(25)9-15(23)2/h3-11,18,27-29H,12-13,26H2,1-2H3. The van der Waals surface area contributed by atoms with Gasteiger partial charge in [0.25, 0.3) is 0 Å². The van der Waals surface area contributed by atoms with Gasteiger partial charge in [-0.05, 0) is 73.5 Å². The molecule has 0 fully saturated rings. The Balaban J connectivity index is 1.82. The Hall–Kier alpha value is -3.42. The van der Waals surface area contributed by atoms with Gasteiger partial charge in [-0.2, -0.15) is 0 Å². The fourth-order valence-electron chi connectivity index (χ4n) is 3.10. The summed E-state index contributed by atoms with van der Waals surface area (Å²) in [5.74, 6) is -0.159. The van der Waals surface area contributed by atoms with Crippen molar-refractivity contribution in [3.63, 3.8) is 0 Å². The molecule has 162 valence electrons. The number of ether oxygens (including phenoxy) is 1. The Morgan fingerprint density at radius 1 is 1.06 bits per heavy atom. The zero-order valence-corrected chi connectivity index (χ0v) is 17.4. The molecule has 7 heteroatoms. The first-order valence-corrected chi connectivity index (χ1v) is 9.78. The maximum absolute atomic E-state index is 13.3. The van der Waals surface area contributed by atoms with Gasteiger partial charge in [0.15, 0.2) is 5.78 Å². The molecule has 0 amide bonds.